The van der Waals surface area contributed by atoms with Gasteiger partial charge in [-0.15, -0.1) is 0 Å². The van der Waals surface area contributed by atoms with Crippen LogP contribution in [-0.2, 0) is 0 Å². The molecular weight excluding hydrogens is 568 g/mol. The van der Waals surface area contributed by atoms with Crippen LogP contribution < -0.4 is 9.47 Å². The molecule has 2 saturated carbocycles. The molecule has 0 N–H and O–H groups in total. The van der Waals surface area contributed by atoms with Gasteiger partial charge in [0.2, 0.25) is 0 Å². The largest absolute Gasteiger partial charge is 0.457 e. The van der Waals surface area contributed by atoms with Gasteiger partial charge in [0, 0.05) is 24.9 Å². The minimum absolute atomic E-state index is 0.183. The van der Waals surface area contributed by atoms with Crippen LogP contribution in [0.1, 0.15) is 73.6 Å². The average molecular weight is 609 g/mol. The Bertz CT molecular complexity index is 1430. The molecule has 0 unspecified atom stereocenters. The monoisotopic (exact) mass is 608 g/mol. The summed E-state index contributed by atoms with van der Waals surface area (Å²) in [6.07, 6.45) is 16.9. The summed E-state index contributed by atoms with van der Waals surface area (Å²) in [6, 6.07) is 33.2. The normalized spacial score (nSPS) is 23.0. The molecule has 7 aliphatic heterocycles. The van der Waals surface area contributed by atoms with Crippen molar-refractivity contribution in [3.63, 3.8) is 0 Å². The maximum Gasteiger partial charge on any atom is 0.127 e. The fourth-order valence-electron chi connectivity index (χ4n) is 6.37. The summed E-state index contributed by atoms with van der Waals surface area (Å²) in [7, 11) is 0. The van der Waals surface area contributed by atoms with Gasteiger partial charge >= 0.3 is 0 Å². The van der Waals surface area contributed by atoms with E-state index < -0.39 is 0 Å². The van der Waals surface area contributed by atoms with Crippen LogP contribution in [0, 0.1) is 0 Å². The molecule has 6 nitrogen and oxygen atoms in total. The molecular formula is C40H40N4O2. The lowest BCUT2D eigenvalue weighted by Crippen LogP contribution is -2.27. The molecule has 2 fully saturated rings. The van der Waals surface area contributed by atoms with Crippen molar-refractivity contribution < 1.29 is 9.47 Å². The van der Waals surface area contributed by atoms with E-state index in [-0.39, 0.29) is 24.2 Å². The zero-order valence-corrected chi connectivity index (χ0v) is 26.1. The van der Waals surface area contributed by atoms with E-state index in [1.54, 1.807) is 0 Å². The van der Waals surface area contributed by atoms with Crippen molar-refractivity contribution in [1.29, 1.82) is 0 Å². The van der Waals surface area contributed by atoms with Gasteiger partial charge in [-0.2, -0.15) is 0 Å². The third-order valence-electron chi connectivity index (χ3n) is 9.04. The van der Waals surface area contributed by atoms with Crippen LogP contribution in [0.2, 0.25) is 0 Å². The highest BCUT2D eigenvalue weighted by atomic mass is 16.5. The van der Waals surface area contributed by atoms with Crippen molar-refractivity contribution in [2.75, 3.05) is 0 Å². The topological polar surface area (TPSA) is 67.9 Å². The Labute approximate surface area is 271 Å². The number of hydrogen-bond acceptors (Lipinski definition) is 6. The molecule has 6 heteroatoms. The van der Waals surface area contributed by atoms with Gasteiger partial charge in [0.05, 0.1) is 24.2 Å². The van der Waals surface area contributed by atoms with Gasteiger partial charge in [0.25, 0.3) is 0 Å². The standard InChI is InChI=1S/C40H40N4O2/c1-2-6-38-37(5-1)41-25-29-9-17-33(18-10-29)45-35-21-13-31(14-22-35)27-43-39-7-3-4-8-40(39)44-28-32-15-23-36(24-16-32)46-34-19-11-30(12-20-34)26-42-38/h9-28,37-40H,1-8H2/t37-,38-,39-,40-/m1/s1. The van der Waals surface area contributed by atoms with Gasteiger partial charge in [-0.3, -0.25) is 20.0 Å². The van der Waals surface area contributed by atoms with Crippen LogP contribution in [0.5, 0.6) is 23.0 Å². The Morgan fingerprint density at radius 3 is 0.761 bits per heavy atom. The van der Waals surface area contributed by atoms with E-state index in [0.29, 0.717) is 0 Å². The molecule has 0 aromatic heterocycles. The molecule has 0 amide bonds. The number of aliphatic imine (C=N–C) groups is 4. The van der Waals surface area contributed by atoms with E-state index >= 15 is 0 Å². The quantitative estimate of drug-likeness (QED) is 0.200. The van der Waals surface area contributed by atoms with E-state index in [1.807, 2.05) is 73.4 Å². The van der Waals surface area contributed by atoms with Crippen molar-refractivity contribution in [3.8, 4) is 23.0 Å². The van der Waals surface area contributed by atoms with Crippen molar-refractivity contribution in [1.82, 2.24) is 0 Å². The Balaban J connectivity index is 1.14. The molecule has 4 aromatic carbocycles. The summed E-state index contributed by atoms with van der Waals surface area (Å²) in [5.74, 6) is 3.19. The summed E-state index contributed by atoms with van der Waals surface area (Å²) in [6.45, 7) is 0. The zero-order valence-electron chi connectivity index (χ0n) is 26.1. The first-order valence-electron chi connectivity index (χ1n) is 16.6. The highest BCUT2D eigenvalue weighted by Gasteiger charge is 2.24. The summed E-state index contributed by atoms with van der Waals surface area (Å²) in [5, 5.41) is 0. The molecule has 46 heavy (non-hydrogen) atoms. The fourth-order valence-corrected chi connectivity index (χ4v) is 6.37. The molecule has 4 atom stereocenters. The van der Waals surface area contributed by atoms with Gasteiger partial charge in [0.1, 0.15) is 23.0 Å². The maximum atomic E-state index is 6.14. The highest BCUT2D eigenvalue weighted by Crippen LogP contribution is 2.27. The molecule has 7 heterocycles. The Morgan fingerprint density at radius 1 is 0.326 bits per heavy atom. The van der Waals surface area contributed by atoms with Crippen LogP contribution in [0.25, 0.3) is 0 Å². The Hall–Kier alpha value is -4.84. The van der Waals surface area contributed by atoms with Gasteiger partial charge < -0.3 is 9.47 Å². The lowest BCUT2D eigenvalue weighted by atomic mass is 9.91. The van der Waals surface area contributed by atoms with E-state index in [4.69, 9.17) is 29.4 Å². The SMILES string of the molecule is C1=N[C@@H]2CCCC[C@H]2N=Cc2ccc(cc2)Oc2ccc(cc2)C=N[C@@H]2CCCC[C@H]2N=Cc2ccc(cc2)Oc2ccc1cc2. The highest BCUT2D eigenvalue weighted by molar-refractivity contribution is 5.82. The van der Waals surface area contributed by atoms with Crippen LogP contribution in [-0.4, -0.2) is 49.0 Å². The molecule has 8 bridgehead atoms. The maximum absolute atomic E-state index is 6.14. The minimum atomic E-state index is 0.183. The molecule has 0 spiro atoms. The lowest BCUT2D eigenvalue weighted by molar-refractivity contribution is 0.390. The Kier molecular flexibility index (Phi) is 9.41. The van der Waals surface area contributed by atoms with Crippen LogP contribution >= 0.6 is 0 Å². The summed E-state index contributed by atoms with van der Waals surface area (Å²) >= 11 is 0. The van der Waals surface area contributed by atoms with Gasteiger partial charge in [0.15, 0.2) is 0 Å². The third-order valence-corrected chi connectivity index (χ3v) is 9.04. The summed E-state index contributed by atoms with van der Waals surface area (Å²) < 4.78 is 12.3. The average Bonchev–Trinajstić information content (AvgIpc) is 3.11. The smallest absolute Gasteiger partial charge is 0.127 e. The predicted molar refractivity (Wildman–Crippen MR) is 188 cm³/mol. The number of ether oxygens (including phenoxy) is 2. The van der Waals surface area contributed by atoms with Crippen LogP contribution in [0.4, 0.5) is 0 Å². The molecule has 0 saturated heterocycles. The molecule has 13 rings (SSSR count). The van der Waals surface area contributed by atoms with E-state index in [2.05, 4.69) is 48.5 Å². The lowest BCUT2D eigenvalue weighted by Gasteiger charge is -2.25. The Morgan fingerprint density at radius 2 is 0.543 bits per heavy atom. The first-order chi connectivity index (χ1) is 22.7. The second-order valence-electron chi connectivity index (χ2n) is 12.4. The van der Waals surface area contributed by atoms with Crippen molar-refractivity contribution in [2.24, 2.45) is 20.0 Å². The van der Waals surface area contributed by atoms with Gasteiger partial charge in [-0.05, 0) is 145 Å². The summed E-state index contributed by atoms with van der Waals surface area (Å²) in [5.41, 5.74) is 4.23. The van der Waals surface area contributed by atoms with E-state index in [0.717, 1.165) is 70.9 Å². The number of benzene rings is 4. The summed E-state index contributed by atoms with van der Waals surface area (Å²) in [4.78, 5) is 19.9. The van der Waals surface area contributed by atoms with Crippen molar-refractivity contribution in [2.45, 2.75) is 75.5 Å². The molecule has 9 aliphatic rings. The first-order valence-corrected chi connectivity index (χ1v) is 16.6. The second kappa shape index (κ2) is 14.5. The fraction of sp³-hybridized carbons (Fsp3) is 0.300. The number of hydrogen-bond donors (Lipinski definition) is 0. The van der Waals surface area contributed by atoms with E-state index in [1.165, 1.54) is 25.7 Å². The van der Waals surface area contributed by atoms with Crippen molar-refractivity contribution >= 4 is 24.9 Å². The predicted octanol–water partition coefficient (Wildman–Crippen LogP) is 9.28. The van der Waals surface area contributed by atoms with Gasteiger partial charge in [-0.1, -0.05) is 25.7 Å². The number of nitrogens with zero attached hydrogens (tertiary/aromatic N) is 4. The first kappa shape index (κ1) is 29.8. The molecule has 4 aromatic rings. The van der Waals surface area contributed by atoms with Crippen LogP contribution in [0.3, 0.4) is 0 Å². The van der Waals surface area contributed by atoms with Crippen LogP contribution in [0.15, 0.2) is 117 Å². The van der Waals surface area contributed by atoms with Crippen molar-refractivity contribution in [3.05, 3.63) is 119 Å². The molecule has 232 valence electrons. The minimum Gasteiger partial charge on any atom is -0.457 e. The molecule has 2 aliphatic carbocycles. The van der Waals surface area contributed by atoms with E-state index in [9.17, 15) is 0 Å². The zero-order chi connectivity index (χ0) is 31.0. The van der Waals surface area contributed by atoms with Gasteiger partial charge in [-0.25, -0.2) is 0 Å². The molecule has 0 radical (unpaired) electrons. The number of rotatable bonds is 0. The third kappa shape index (κ3) is 7.86. The second-order valence-corrected chi connectivity index (χ2v) is 12.4.